The number of carbonyl (C=O) groups is 3. The normalized spacial score (nSPS) is 21.9. The largest absolute Gasteiger partial charge is 0.480 e. The molecule has 0 bridgehead atoms. The van der Waals surface area contributed by atoms with Gasteiger partial charge in [0, 0.05) is 18.7 Å². The molecule has 2 aliphatic rings. The molecule has 6 nitrogen and oxygen atoms in total. The second-order valence-corrected chi connectivity index (χ2v) is 5.79. The van der Waals surface area contributed by atoms with E-state index in [0.717, 1.165) is 5.56 Å². The van der Waals surface area contributed by atoms with Gasteiger partial charge in [0.05, 0.1) is 0 Å². The van der Waals surface area contributed by atoms with E-state index < -0.39 is 18.1 Å². The fourth-order valence-corrected chi connectivity index (χ4v) is 3.25. The Kier molecular flexibility index (Phi) is 3.60. The molecule has 1 N–H and O–H groups in total. The molecule has 0 saturated carbocycles. The number of nitrogens with zero attached hydrogens (tertiary/aromatic N) is 2. The van der Waals surface area contributed by atoms with Crippen LogP contribution in [0.25, 0.3) is 0 Å². The number of aliphatic carboxylic acids is 1. The van der Waals surface area contributed by atoms with Crippen LogP contribution in [0.1, 0.15) is 35.7 Å². The summed E-state index contributed by atoms with van der Waals surface area (Å²) >= 11 is 0. The van der Waals surface area contributed by atoms with Crippen LogP contribution >= 0.6 is 0 Å². The first-order valence-corrected chi connectivity index (χ1v) is 7.43. The Morgan fingerprint density at radius 2 is 2.05 bits per heavy atom. The Labute approximate surface area is 128 Å². The molecule has 2 amide bonds. The molecule has 1 aromatic carbocycles. The minimum absolute atomic E-state index is 0.164. The monoisotopic (exact) mass is 302 g/mol. The summed E-state index contributed by atoms with van der Waals surface area (Å²) in [5.74, 6) is -1.43. The summed E-state index contributed by atoms with van der Waals surface area (Å²) in [5.41, 5.74) is 1.53. The molecule has 1 saturated heterocycles. The molecule has 116 valence electrons. The van der Waals surface area contributed by atoms with Gasteiger partial charge in [0.1, 0.15) is 12.1 Å². The molecule has 0 aromatic heterocycles. The maximum Gasteiger partial charge on any atom is 0.326 e. The van der Waals surface area contributed by atoms with Gasteiger partial charge in [-0.3, -0.25) is 9.59 Å². The first-order valence-electron chi connectivity index (χ1n) is 7.43. The van der Waals surface area contributed by atoms with Gasteiger partial charge in [-0.2, -0.15) is 0 Å². The van der Waals surface area contributed by atoms with E-state index in [4.69, 9.17) is 0 Å². The van der Waals surface area contributed by atoms with E-state index in [1.54, 1.807) is 19.1 Å². The van der Waals surface area contributed by atoms with E-state index in [0.29, 0.717) is 31.5 Å². The Morgan fingerprint density at radius 3 is 2.73 bits per heavy atom. The summed E-state index contributed by atoms with van der Waals surface area (Å²) in [6.07, 6.45) is 1.16. The van der Waals surface area contributed by atoms with Crippen LogP contribution in [0, 0.1) is 0 Å². The van der Waals surface area contributed by atoms with Gasteiger partial charge in [0.25, 0.3) is 5.91 Å². The molecule has 3 rings (SSSR count). The third-order valence-electron chi connectivity index (χ3n) is 4.50. The van der Waals surface area contributed by atoms with Gasteiger partial charge < -0.3 is 14.9 Å². The number of likely N-dealkylation sites (tertiary alicyclic amines) is 1. The average Bonchev–Trinajstić information content (AvgIpc) is 3.11. The molecule has 1 unspecified atom stereocenters. The molecule has 0 spiro atoms. The zero-order chi connectivity index (χ0) is 15.9. The van der Waals surface area contributed by atoms with Crippen molar-refractivity contribution in [2.45, 2.75) is 38.4 Å². The van der Waals surface area contributed by atoms with E-state index in [2.05, 4.69) is 0 Å². The second-order valence-electron chi connectivity index (χ2n) is 5.79. The predicted octanol–water partition coefficient (Wildman–Crippen LogP) is 1.11. The minimum atomic E-state index is -0.978. The molecular weight excluding hydrogens is 284 g/mol. The van der Waals surface area contributed by atoms with Gasteiger partial charge in [0.2, 0.25) is 5.91 Å². The Hall–Kier alpha value is -2.37. The Bertz CT molecular complexity index is 643. The van der Waals surface area contributed by atoms with Crippen LogP contribution in [0.2, 0.25) is 0 Å². The summed E-state index contributed by atoms with van der Waals surface area (Å²) in [6, 6.07) is 5.87. The van der Waals surface area contributed by atoms with Gasteiger partial charge in [-0.25, -0.2) is 4.79 Å². The van der Waals surface area contributed by atoms with E-state index in [1.165, 1.54) is 9.80 Å². The quantitative estimate of drug-likeness (QED) is 0.907. The van der Waals surface area contributed by atoms with Gasteiger partial charge in [-0.15, -0.1) is 0 Å². The predicted molar refractivity (Wildman–Crippen MR) is 78.1 cm³/mol. The number of amides is 2. The standard InChI is InChI=1S/C16H18N2O4/c1-10(14(19)17-8-4-7-13(17)16(21)22)18-9-11-5-2-3-6-12(11)15(18)20/h2-3,5-6,10,13H,4,7-9H2,1H3,(H,21,22)/t10-,13?/m0/s1. The smallest absolute Gasteiger partial charge is 0.326 e. The first-order chi connectivity index (χ1) is 10.5. The van der Waals surface area contributed by atoms with Crippen molar-refractivity contribution in [3.63, 3.8) is 0 Å². The number of carboxylic acid groups (broad SMARTS) is 1. The summed E-state index contributed by atoms with van der Waals surface area (Å²) in [6.45, 7) is 2.51. The molecule has 1 fully saturated rings. The SMILES string of the molecule is C[C@@H](C(=O)N1CCCC1C(=O)O)N1Cc2ccccc2C1=O. The fraction of sp³-hybridized carbons (Fsp3) is 0.438. The van der Waals surface area contributed by atoms with E-state index in [-0.39, 0.29) is 11.8 Å². The Balaban J connectivity index is 1.78. The average molecular weight is 302 g/mol. The van der Waals surface area contributed by atoms with E-state index in [1.807, 2.05) is 12.1 Å². The third kappa shape index (κ3) is 2.24. The maximum absolute atomic E-state index is 12.6. The number of benzene rings is 1. The molecule has 2 aliphatic heterocycles. The van der Waals surface area contributed by atoms with Crippen LogP contribution in [0.3, 0.4) is 0 Å². The molecule has 1 aromatic rings. The summed E-state index contributed by atoms with van der Waals surface area (Å²) in [4.78, 5) is 39.2. The summed E-state index contributed by atoms with van der Waals surface area (Å²) < 4.78 is 0. The third-order valence-corrected chi connectivity index (χ3v) is 4.50. The number of hydrogen-bond donors (Lipinski definition) is 1. The Morgan fingerprint density at radius 1 is 1.32 bits per heavy atom. The van der Waals surface area contributed by atoms with Crippen molar-refractivity contribution in [1.29, 1.82) is 0 Å². The van der Waals surface area contributed by atoms with E-state index in [9.17, 15) is 19.5 Å². The highest BCUT2D eigenvalue weighted by molar-refractivity contribution is 6.01. The van der Waals surface area contributed by atoms with Crippen LogP contribution in [0.15, 0.2) is 24.3 Å². The van der Waals surface area contributed by atoms with Crippen molar-refractivity contribution in [3.05, 3.63) is 35.4 Å². The topological polar surface area (TPSA) is 77.9 Å². The highest BCUT2D eigenvalue weighted by atomic mass is 16.4. The molecule has 2 heterocycles. The lowest BCUT2D eigenvalue weighted by Crippen LogP contribution is -2.50. The lowest BCUT2D eigenvalue weighted by atomic mass is 10.1. The summed E-state index contributed by atoms with van der Waals surface area (Å²) in [5, 5.41) is 9.20. The number of fused-ring (bicyclic) bond motifs is 1. The zero-order valence-corrected chi connectivity index (χ0v) is 12.4. The minimum Gasteiger partial charge on any atom is -0.480 e. The number of carboxylic acids is 1. The lowest BCUT2D eigenvalue weighted by molar-refractivity contribution is -0.149. The van der Waals surface area contributed by atoms with Gasteiger partial charge >= 0.3 is 5.97 Å². The lowest BCUT2D eigenvalue weighted by Gasteiger charge is -2.29. The van der Waals surface area contributed by atoms with Crippen LogP contribution in [0.5, 0.6) is 0 Å². The number of rotatable bonds is 3. The van der Waals surface area contributed by atoms with Crippen molar-refractivity contribution >= 4 is 17.8 Å². The highest BCUT2D eigenvalue weighted by Crippen LogP contribution is 2.26. The number of hydrogen-bond acceptors (Lipinski definition) is 3. The first kappa shape index (κ1) is 14.6. The van der Waals surface area contributed by atoms with Crippen LogP contribution in [0.4, 0.5) is 0 Å². The molecule has 2 atom stereocenters. The molecule has 22 heavy (non-hydrogen) atoms. The van der Waals surface area contributed by atoms with Crippen LogP contribution in [-0.4, -0.2) is 51.3 Å². The van der Waals surface area contributed by atoms with Crippen molar-refractivity contribution in [2.24, 2.45) is 0 Å². The molecule has 6 heteroatoms. The maximum atomic E-state index is 12.6. The van der Waals surface area contributed by atoms with Gasteiger partial charge in [-0.05, 0) is 31.4 Å². The molecule has 0 aliphatic carbocycles. The van der Waals surface area contributed by atoms with Crippen molar-refractivity contribution in [2.75, 3.05) is 6.54 Å². The van der Waals surface area contributed by atoms with Crippen LogP contribution in [-0.2, 0) is 16.1 Å². The fourth-order valence-electron chi connectivity index (χ4n) is 3.25. The molecule has 0 radical (unpaired) electrons. The molecular formula is C16H18N2O4. The van der Waals surface area contributed by atoms with Crippen molar-refractivity contribution in [3.8, 4) is 0 Å². The number of carbonyl (C=O) groups excluding carboxylic acids is 2. The highest BCUT2D eigenvalue weighted by Gasteiger charge is 2.40. The second kappa shape index (κ2) is 5.44. The zero-order valence-electron chi connectivity index (χ0n) is 12.4. The van der Waals surface area contributed by atoms with Crippen LogP contribution < -0.4 is 0 Å². The van der Waals surface area contributed by atoms with Gasteiger partial charge in [0.15, 0.2) is 0 Å². The van der Waals surface area contributed by atoms with Gasteiger partial charge in [-0.1, -0.05) is 18.2 Å². The van der Waals surface area contributed by atoms with E-state index >= 15 is 0 Å². The van der Waals surface area contributed by atoms with Crippen molar-refractivity contribution < 1.29 is 19.5 Å². The summed E-state index contributed by atoms with van der Waals surface area (Å²) in [7, 11) is 0. The van der Waals surface area contributed by atoms with Crippen molar-refractivity contribution in [1.82, 2.24) is 9.80 Å².